The molecule has 0 amide bonds. The third-order valence-corrected chi connectivity index (χ3v) is 3.17. The summed E-state index contributed by atoms with van der Waals surface area (Å²) in [5.74, 6) is 0.332. The van der Waals surface area contributed by atoms with Crippen LogP contribution in [0.1, 0.15) is 65.7 Å². The van der Waals surface area contributed by atoms with E-state index < -0.39 is 0 Å². The van der Waals surface area contributed by atoms with Crippen molar-refractivity contribution in [2.24, 2.45) is 0 Å². The molecule has 0 aromatic carbocycles. The average molecular weight is 227 g/mol. The number of nitrogens with zero attached hydrogens (tertiary/aromatic N) is 1. The fourth-order valence-electron chi connectivity index (χ4n) is 1.70. The van der Waals surface area contributed by atoms with Crippen LogP contribution in [0.15, 0.2) is 0 Å². The number of Topliss-reactive ketones (excluding diaryl/α,β-unsaturated/α-hetero) is 1. The third-order valence-electron chi connectivity index (χ3n) is 3.17. The number of unbranched alkanes of at least 4 members (excludes halogenated alkanes) is 5. The van der Waals surface area contributed by atoms with Crippen LogP contribution in [-0.4, -0.2) is 30.3 Å². The molecule has 0 saturated heterocycles. The molecule has 2 nitrogen and oxygen atoms in total. The summed E-state index contributed by atoms with van der Waals surface area (Å²) in [6.07, 6.45) is 8.33. The average Bonchev–Trinajstić information content (AvgIpc) is 2.21. The molecule has 16 heavy (non-hydrogen) atoms. The second kappa shape index (κ2) is 9.83. The van der Waals surface area contributed by atoms with Gasteiger partial charge in [-0.05, 0) is 47.2 Å². The predicted molar refractivity (Wildman–Crippen MR) is 70.8 cm³/mol. The van der Waals surface area contributed by atoms with Crippen LogP contribution in [0, 0.1) is 0 Å². The van der Waals surface area contributed by atoms with Crippen molar-refractivity contribution in [3.63, 3.8) is 0 Å². The van der Waals surface area contributed by atoms with Gasteiger partial charge >= 0.3 is 0 Å². The van der Waals surface area contributed by atoms with Gasteiger partial charge in [0.15, 0.2) is 0 Å². The number of ketones is 1. The summed E-state index contributed by atoms with van der Waals surface area (Å²) in [7, 11) is 2.19. The zero-order chi connectivity index (χ0) is 12.4. The first-order valence-electron chi connectivity index (χ1n) is 6.73. The van der Waals surface area contributed by atoms with Crippen molar-refractivity contribution in [3.05, 3.63) is 0 Å². The molecule has 0 N–H and O–H groups in total. The summed E-state index contributed by atoms with van der Waals surface area (Å²) < 4.78 is 0. The van der Waals surface area contributed by atoms with E-state index in [0.717, 1.165) is 12.8 Å². The van der Waals surface area contributed by atoms with E-state index >= 15 is 0 Å². The molecule has 0 aliphatic heterocycles. The van der Waals surface area contributed by atoms with Crippen LogP contribution in [-0.2, 0) is 4.79 Å². The molecule has 0 radical (unpaired) electrons. The van der Waals surface area contributed by atoms with E-state index in [0.29, 0.717) is 11.8 Å². The van der Waals surface area contributed by atoms with Crippen LogP contribution >= 0.6 is 0 Å². The Bertz CT molecular complexity index is 178. The molecule has 0 aromatic heterocycles. The zero-order valence-corrected chi connectivity index (χ0v) is 11.6. The van der Waals surface area contributed by atoms with Crippen molar-refractivity contribution in [1.29, 1.82) is 0 Å². The Morgan fingerprint density at radius 1 is 1.00 bits per heavy atom. The van der Waals surface area contributed by atoms with Gasteiger partial charge in [0.1, 0.15) is 5.78 Å². The van der Waals surface area contributed by atoms with E-state index in [1.165, 1.54) is 38.6 Å². The molecule has 0 aliphatic rings. The molecule has 0 saturated carbocycles. The minimum absolute atomic E-state index is 0.332. The van der Waals surface area contributed by atoms with E-state index in [1.807, 2.05) is 0 Å². The van der Waals surface area contributed by atoms with Crippen LogP contribution in [0.5, 0.6) is 0 Å². The summed E-state index contributed by atoms with van der Waals surface area (Å²) in [5.41, 5.74) is 0. The summed E-state index contributed by atoms with van der Waals surface area (Å²) in [5, 5.41) is 0. The molecule has 96 valence electrons. The number of hydrogen-bond acceptors (Lipinski definition) is 2. The second-order valence-corrected chi connectivity index (χ2v) is 5.15. The van der Waals surface area contributed by atoms with Crippen molar-refractivity contribution in [2.75, 3.05) is 13.6 Å². The van der Waals surface area contributed by atoms with Gasteiger partial charge in [0, 0.05) is 12.5 Å². The summed E-state index contributed by atoms with van der Waals surface area (Å²) >= 11 is 0. The molecule has 0 aliphatic carbocycles. The minimum Gasteiger partial charge on any atom is -0.304 e. The lowest BCUT2D eigenvalue weighted by Gasteiger charge is -2.20. The third kappa shape index (κ3) is 10.2. The van der Waals surface area contributed by atoms with Gasteiger partial charge in [-0.15, -0.1) is 0 Å². The molecular weight excluding hydrogens is 198 g/mol. The van der Waals surface area contributed by atoms with Gasteiger partial charge < -0.3 is 9.69 Å². The predicted octanol–water partition coefficient (Wildman–Crippen LogP) is 3.65. The number of carbonyl (C=O) groups excluding carboxylic acids is 1. The Kier molecular flexibility index (Phi) is 9.60. The van der Waals surface area contributed by atoms with Gasteiger partial charge in [-0.25, -0.2) is 0 Å². The standard InChI is InChI=1S/C14H29NO/c1-13(2)15(4)12-10-8-6-5-7-9-11-14(3)16/h13H,5-12H2,1-4H3. The topological polar surface area (TPSA) is 20.3 Å². The highest BCUT2D eigenvalue weighted by Gasteiger charge is 2.01. The normalized spacial score (nSPS) is 11.4. The van der Waals surface area contributed by atoms with Crippen LogP contribution in [0.4, 0.5) is 0 Å². The van der Waals surface area contributed by atoms with E-state index in [4.69, 9.17) is 0 Å². The Hall–Kier alpha value is -0.370. The molecular formula is C14H29NO. The first-order valence-corrected chi connectivity index (χ1v) is 6.73. The summed E-state index contributed by atoms with van der Waals surface area (Å²) in [6, 6.07) is 0.663. The largest absolute Gasteiger partial charge is 0.304 e. The first kappa shape index (κ1) is 15.6. The number of rotatable bonds is 10. The van der Waals surface area contributed by atoms with Gasteiger partial charge in [-0.3, -0.25) is 0 Å². The molecule has 2 heteroatoms. The highest BCUT2D eigenvalue weighted by Crippen LogP contribution is 2.08. The van der Waals surface area contributed by atoms with E-state index in [-0.39, 0.29) is 0 Å². The summed E-state index contributed by atoms with van der Waals surface area (Å²) in [4.78, 5) is 13.1. The molecule has 0 atom stereocenters. The quantitative estimate of drug-likeness (QED) is 0.531. The van der Waals surface area contributed by atoms with Crippen LogP contribution in [0.3, 0.4) is 0 Å². The van der Waals surface area contributed by atoms with Crippen molar-refractivity contribution < 1.29 is 4.79 Å². The monoisotopic (exact) mass is 227 g/mol. The molecule has 0 bridgehead atoms. The van der Waals surface area contributed by atoms with Crippen LogP contribution in [0.2, 0.25) is 0 Å². The lowest BCUT2D eigenvalue weighted by molar-refractivity contribution is -0.117. The maximum atomic E-state index is 10.7. The zero-order valence-electron chi connectivity index (χ0n) is 11.6. The number of carbonyl (C=O) groups is 1. The second-order valence-electron chi connectivity index (χ2n) is 5.15. The molecule has 0 spiro atoms. The molecule has 0 fully saturated rings. The van der Waals surface area contributed by atoms with E-state index in [2.05, 4.69) is 25.8 Å². The van der Waals surface area contributed by atoms with E-state index in [1.54, 1.807) is 6.92 Å². The molecule has 0 unspecified atom stereocenters. The fraction of sp³-hybridized carbons (Fsp3) is 0.929. The van der Waals surface area contributed by atoms with Crippen molar-refractivity contribution in [3.8, 4) is 0 Å². The Morgan fingerprint density at radius 2 is 1.50 bits per heavy atom. The maximum absolute atomic E-state index is 10.7. The molecule has 0 heterocycles. The SMILES string of the molecule is CC(=O)CCCCCCCCN(C)C(C)C. The maximum Gasteiger partial charge on any atom is 0.129 e. The highest BCUT2D eigenvalue weighted by molar-refractivity contribution is 5.75. The fourth-order valence-corrected chi connectivity index (χ4v) is 1.70. The number of hydrogen-bond donors (Lipinski definition) is 0. The Balaban J connectivity index is 3.13. The van der Waals surface area contributed by atoms with Crippen molar-refractivity contribution >= 4 is 5.78 Å². The van der Waals surface area contributed by atoms with Gasteiger partial charge in [0.25, 0.3) is 0 Å². The first-order chi connectivity index (χ1) is 7.54. The molecule has 0 rings (SSSR count). The van der Waals surface area contributed by atoms with Gasteiger partial charge in [0.2, 0.25) is 0 Å². The van der Waals surface area contributed by atoms with E-state index in [9.17, 15) is 4.79 Å². The van der Waals surface area contributed by atoms with Gasteiger partial charge in [0.05, 0.1) is 0 Å². The molecule has 0 aromatic rings. The van der Waals surface area contributed by atoms with Crippen LogP contribution in [0.25, 0.3) is 0 Å². The van der Waals surface area contributed by atoms with Gasteiger partial charge in [-0.1, -0.05) is 25.7 Å². The smallest absolute Gasteiger partial charge is 0.129 e. The lowest BCUT2D eigenvalue weighted by atomic mass is 10.1. The van der Waals surface area contributed by atoms with Crippen molar-refractivity contribution in [2.45, 2.75) is 71.8 Å². The Morgan fingerprint density at radius 3 is 2.00 bits per heavy atom. The lowest BCUT2D eigenvalue weighted by Crippen LogP contribution is -2.27. The minimum atomic E-state index is 0.332. The van der Waals surface area contributed by atoms with Gasteiger partial charge in [-0.2, -0.15) is 0 Å². The van der Waals surface area contributed by atoms with Crippen LogP contribution < -0.4 is 0 Å². The summed E-state index contributed by atoms with van der Waals surface area (Å²) in [6.45, 7) is 7.37. The highest BCUT2D eigenvalue weighted by atomic mass is 16.1. The van der Waals surface area contributed by atoms with Crippen molar-refractivity contribution in [1.82, 2.24) is 4.90 Å². The Labute approximate surface area is 101 Å².